The topological polar surface area (TPSA) is 113 Å². The van der Waals surface area contributed by atoms with Gasteiger partial charge in [-0.15, -0.1) is 0 Å². The summed E-state index contributed by atoms with van der Waals surface area (Å²) in [6.45, 7) is 2.27. The Balaban J connectivity index is 1.86. The van der Waals surface area contributed by atoms with E-state index >= 15 is 0 Å². The van der Waals surface area contributed by atoms with Crippen molar-refractivity contribution in [3.63, 3.8) is 0 Å². The van der Waals surface area contributed by atoms with Crippen LogP contribution in [-0.2, 0) is 28.5 Å². The van der Waals surface area contributed by atoms with Crippen LogP contribution in [0.3, 0.4) is 0 Å². The fraction of sp³-hybridized carbons (Fsp3) is 0.500. The van der Waals surface area contributed by atoms with Gasteiger partial charge in [-0.3, -0.25) is 9.59 Å². The second-order valence-electron chi connectivity index (χ2n) is 6.27. The molecule has 152 valence electrons. The van der Waals surface area contributed by atoms with Crippen LogP contribution in [0.4, 0.5) is 0 Å². The van der Waals surface area contributed by atoms with Gasteiger partial charge < -0.3 is 28.8 Å². The lowest BCUT2D eigenvalue weighted by Gasteiger charge is -2.39. The van der Waals surface area contributed by atoms with Crippen LogP contribution in [0.2, 0.25) is 0 Å². The van der Waals surface area contributed by atoms with Crippen molar-refractivity contribution < 1.29 is 38.4 Å². The van der Waals surface area contributed by atoms with E-state index in [4.69, 9.17) is 23.7 Å². The molecule has 1 N–H and O–H groups in total. The summed E-state index contributed by atoms with van der Waals surface area (Å²) in [5, 5.41) is 10.7. The lowest BCUT2D eigenvalue weighted by Crippen LogP contribution is -2.59. The van der Waals surface area contributed by atoms with Gasteiger partial charge in [0.1, 0.15) is 24.6 Å². The summed E-state index contributed by atoms with van der Waals surface area (Å²) < 4.78 is 27.7. The van der Waals surface area contributed by atoms with Crippen LogP contribution in [0.15, 0.2) is 27.7 Å². The molecule has 2 aliphatic heterocycles. The van der Waals surface area contributed by atoms with E-state index in [1.807, 2.05) is 0 Å². The molecule has 1 aromatic rings. The third-order valence-electron chi connectivity index (χ3n) is 4.29. The van der Waals surface area contributed by atoms with Gasteiger partial charge in [-0.25, -0.2) is 4.99 Å². The molecule has 3 rings (SSSR count). The van der Waals surface area contributed by atoms with Crippen LogP contribution in [0, 0.1) is 0 Å². The first-order valence-corrected chi connectivity index (χ1v) is 9.32. The summed E-state index contributed by atoms with van der Waals surface area (Å²) in [6.07, 6.45) is -4.92. The lowest BCUT2D eigenvalue weighted by molar-refractivity contribution is -0.228. The Morgan fingerprint density at radius 3 is 2.68 bits per heavy atom. The SMILES string of the molecule is COc1cccc(C2=N[C@H]3O[C@H](COC(C)=O)[C@@H](OC(C)=O)[C@H](O)[C@H]3O2)c1Br. The number of aliphatic hydroxyl groups excluding tert-OH is 1. The Hall–Kier alpha value is -2.17. The molecule has 1 fully saturated rings. The average molecular weight is 458 g/mol. The number of methoxy groups -OCH3 is 1. The molecule has 1 aromatic carbocycles. The molecule has 0 spiro atoms. The Morgan fingerprint density at radius 2 is 2.04 bits per heavy atom. The van der Waals surface area contributed by atoms with Crippen molar-refractivity contribution in [2.24, 2.45) is 4.99 Å². The summed E-state index contributed by atoms with van der Waals surface area (Å²) in [4.78, 5) is 27.0. The van der Waals surface area contributed by atoms with Crippen LogP contribution in [0.1, 0.15) is 19.4 Å². The minimum Gasteiger partial charge on any atom is -0.496 e. The zero-order chi connectivity index (χ0) is 20.4. The van der Waals surface area contributed by atoms with Gasteiger partial charge >= 0.3 is 11.9 Å². The van der Waals surface area contributed by atoms with Crippen molar-refractivity contribution in [2.75, 3.05) is 13.7 Å². The number of esters is 2. The van der Waals surface area contributed by atoms with Crippen LogP contribution in [-0.4, -0.2) is 67.3 Å². The number of hydrogen-bond acceptors (Lipinski definition) is 9. The van der Waals surface area contributed by atoms with Crippen molar-refractivity contribution in [3.05, 3.63) is 28.2 Å². The van der Waals surface area contributed by atoms with Gasteiger partial charge in [0.2, 0.25) is 5.90 Å². The molecule has 9 nitrogen and oxygen atoms in total. The summed E-state index contributed by atoms with van der Waals surface area (Å²) in [7, 11) is 1.54. The average Bonchev–Trinajstić information content (AvgIpc) is 3.06. The summed E-state index contributed by atoms with van der Waals surface area (Å²) in [5.41, 5.74) is 0.616. The summed E-state index contributed by atoms with van der Waals surface area (Å²) >= 11 is 3.45. The molecular formula is C18H20BrNO8. The summed E-state index contributed by atoms with van der Waals surface area (Å²) in [6, 6.07) is 5.32. The van der Waals surface area contributed by atoms with E-state index in [1.165, 1.54) is 21.0 Å². The van der Waals surface area contributed by atoms with E-state index in [0.717, 1.165) is 0 Å². The van der Waals surface area contributed by atoms with Crippen molar-refractivity contribution in [3.8, 4) is 5.75 Å². The van der Waals surface area contributed by atoms with Crippen molar-refractivity contribution in [1.82, 2.24) is 0 Å². The Bertz CT molecular complexity index is 798. The van der Waals surface area contributed by atoms with Gasteiger partial charge in [-0.1, -0.05) is 6.07 Å². The number of nitrogens with zero attached hydrogens (tertiary/aromatic N) is 1. The van der Waals surface area contributed by atoms with Crippen molar-refractivity contribution >= 4 is 33.8 Å². The van der Waals surface area contributed by atoms with Gasteiger partial charge in [-0.2, -0.15) is 0 Å². The molecule has 1 saturated heterocycles. The number of rotatable bonds is 5. The van der Waals surface area contributed by atoms with E-state index in [0.29, 0.717) is 15.8 Å². The molecule has 0 amide bonds. The molecule has 2 aliphatic rings. The van der Waals surface area contributed by atoms with E-state index < -0.39 is 42.6 Å². The van der Waals surface area contributed by atoms with E-state index in [-0.39, 0.29) is 12.5 Å². The second-order valence-corrected chi connectivity index (χ2v) is 7.06. The normalized spacial score (nSPS) is 28.6. The van der Waals surface area contributed by atoms with Gasteiger partial charge in [-0.05, 0) is 28.1 Å². The highest BCUT2D eigenvalue weighted by Crippen LogP contribution is 2.35. The monoisotopic (exact) mass is 457 g/mol. The first kappa shape index (κ1) is 20.6. The van der Waals surface area contributed by atoms with E-state index in [2.05, 4.69) is 20.9 Å². The number of benzene rings is 1. The van der Waals surface area contributed by atoms with Gasteiger partial charge in [0.25, 0.3) is 0 Å². The Morgan fingerprint density at radius 1 is 1.29 bits per heavy atom. The summed E-state index contributed by atoms with van der Waals surface area (Å²) in [5.74, 6) is -0.289. The maximum atomic E-state index is 11.4. The maximum Gasteiger partial charge on any atom is 0.303 e. The predicted molar refractivity (Wildman–Crippen MR) is 99.0 cm³/mol. The molecular weight excluding hydrogens is 438 g/mol. The van der Waals surface area contributed by atoms with Gasteiger partial charge in [0.15, 0.2) is 18.4 Å². The molecule has 0 aliphatic carbocycles. The molecule has 0 saturated carbocycles. The number of carbonyl (C=O) groups excluding carboxylic acids is 2. The highest BCUT2D eigenvalue weighted by molar-refractivity contribution is 9.10. The minimum absolute atomic E-state index is 0.193. The predicted octanol–water partition coefficient (Wildman–Crippen LogP) is 1.18. The standard InChI is InChI=1S/C18H20BrNO8/c1-8(21)25-7-12-15(26-9(2)22)14(23)16-18(27-12)20-17(28-16)10-5-4-6-11(24-3)13(10)19/h4-6,12,14-16,18,23H,7H2,1-3H3/t12-,14+,15-,16-,18+/m1/s1. The molecule has 0 radical (unpaired) electrons. The number of aliphatic hydroxyl groups is 1. The van der Waals surface area contributed by atoms with Crippen LogP contribution in [0.5, 0.6) is 5.75 Å². The minimum atomic E-state index is -1.23. The highest BCUT2D eigenvalue weighted by atomic mass is 79.9. The molecule has 0 unspecified atom stereocenters. The number of fused-ring (bicyclic) bond motifs is 1. The van der Waals surface area contributed by atoms with E-state index in [1.54, 1.807) is 18.2 Å². The first-order valence-electron chi connectivity index (χ1n) is 8.53. The number of carbonyl (C=O) groups is 2. The fourth-order valence-electron chi connectivity index (χ4n) is 3.05. The van der Waals surface area contributed by atoms with E-state index in [9.17, 15) is 14.7 Å². The maximum absolute atomic E-state index is 11.4. The Kier molecular flexibility index (Phi) is 6.21. The van der Waals surface area contributed by atoms with Crippen LogP contribution in [0.25, 0.3) is 0 Å². The molecule has 0 bridgehead atoms. The second kappa shape index (κ2) is 8.46. The molecule has 28 heavy (non-hydrogen) atoms. The molecule has 5 atom stereocenters. The third kappa shape index (κ3) is 4.13. The quantitative estimate of drug-likeness (QED) is 0.655. The number of halogens is 1. The first-order chi connectivity index (χ1) is 13.3. The molecule has 2 heterocycles. The largest absolute Gasteiger partial charge is 0.496 e. The van der Waals surface area contributed by atoms with Gasteiger partial charge in [0.05, 0.1) is 17.1 Å². The number of ether oxygens (including phenoxy) is 5. The zero-order valence-electron chi connectivity index (χ0n) is 15.5. The third-order valence-corrected chi connectivity index (χ3v) is 5.11. The number of aliphatic imine (C=N–C) groups is 1. The molecule has 10 heteroatoms. The van der Waals surface area contributed by atoms with Crippen LogP contribution < -0.4 is 4.74 Å². The van der Waals surface area contributed by atoms with Crippen LogP contribution >= 0.6 is 15.9 Å². The smallest absolute Gasteiger partial charge is 0.303 e. The van der Waals surface area contributed by atoms with Gasteiger partial charge in [0, 0.05) is 13.8 Å². The number of hydrogen-bond donors (Lipinski definition) is 1. The highest BCUT2D eigenvalue weighted by Gasteiger charge is 2.52. The zero-order valence-corrected chi connectivity index (χ0v) is 17.0. The van der Waals surface area contributed by atoms with Crippen molar-refractivity contribution in [1.29, 1.82) is 0 Å². The fourth-order valence-corrected chi connectivity index (χ4v) is 3.65. The van der Waals surface area contributed by atoms with Crippen molar-refractivity contribution in [2.45, 2.75) is 44.5 Å². The Labute approximate surface area is 169 Å². The lowest BCUT2D eigenvalue weighted by atomic mass is 9.98. The molecule has 0 aromatic heterocycles.